The number of ether oxygens (including phenoxy) is 1. The second-order valence-electron chi connectivity index (χ2n) is 8.30. The molecule has 0 radical (unpaired) electrons. The van der Waals surface area contributed by atoms with Gasteiger partial charge < -0.3 is 10.1 Å². The van der Waals surface area contributed by atoms with Gasteiger partial charge in [-0.3, -0.25) is 4.79 Å². The predicted octanol–water partition coefficient (Wildman–Crippen LogP) is 6.37. The number of amides is 1. The Kier molecular flexibility index (Phi) is 10.8. The van der Waals surface area contributed by atoms with Crippen molar-refractivity contribution in [1.82, 2.24) is 10.3 Å². The maximum atomic E-state index is 13.8. The molecule has 5 heteroatoms. The van der Waals surface area contributed by atoms with Crippen molar-refractivity contribution in [2.75, 3.05) is 13.2 Å². The first-order valence-corrected chi connectivity index (χ1v) is 11.3. The summed E-state index contributed by atoms with van der Waals surface area (Å²) in [6.45, 7) is 7.40. The summed E-state index contributed by atoms with van der Waals surface area (Å²) >= 11 is 0. The summed E-state index contributed by atoms with van der Waals surface area (Å²) in [6, 6.07) is 8.56. The van der Waals surface area contributed by atoms with Crippen LogP contribution in [0.15, 0.2) is 54.1 Å². The summed E-state index contributed by atoms with van der Waals surface area (Å²) in [7, 11) is 0. The molecule has 0 aliphatic rings. The number of pyridine rings is 1. The minimum Gasteiger partial charge on any atom is -0.478 e. The number of hydrogen-bond donors (Lipinski definition) is 1. The lowest BCUT2D eigenvalue weighted by atomic mass is 10.1. The summed E-state index contributed by atoms with van der Waals surface area (Å²) in [6.07, 6.45) is 12.3. The lowest BCUT2D eigenvalue weighted by molar-refractivity contribution is -0.116. The van der Waals surface area contributed by atoms with E-state index >= 15 is 0 Å². The van der Waals surface area contributed by atoms with Gasteiger partial charge in [0, 0.05) is 24.1 Å². The normalized spacial score (nSPS) is 12.1. The Bertz CT molecular complexity index is 890. The van der Waals surface area contributed by atoms with Gasteiger partial charge in [0.1, 0.15) is 11.3 Å². The fourth-order valence-corrected chi connectivity index (χ4v) is 3.12. The highest BCUT2D eigenvalue weighted by molar-refractivity contribution is 5.88. The van der Waals surface area contributed by atoms with Crippen molar-refractivity contribution in [2.45, 2.75) is 59.3 Å². The van der Waals surface area contributed by atoms with Crippen LogP contribution in [0.4, 0.5) is 4.39 Å². The third-order valence-corrected chi connectivity index (χ3v) is 4.83. The molecule has 0 fully saturated rings. The van der Waals surface area contributed by atoms with Crippen molar-refractivity contribution in [3.63, 3.8) is 0 Å². The van der Waals surface area contributed by atoms with Crippen LogP contribution < -0.4 is 10.1 Å². The van der Waals surface area contributed by atoms with E-state index in [0.29, 0.717) is 30.5 Å². The highest BCUT2D eigenvalue weighted by atomic mass is 19.1. The summed E-state index contributed by atoms with van der Waals surface area (Å²) in [4.78, 5) is 16.0. The number of hydrogen-bond acceptors (Lipinski definition) is 3. The Balaban J connectivity index is 1.53. The number of halogens is 1. The molecule has 2 rings (SSSR count). The number of rotatable bonds is 13. The van der Waals surface area contributed by atoms with Crippen molar-refractivity contribution < 1.29 is 13.9 Å². The number of aromatic nitrogens is 1. The second kappa shape index (κ2) is 13.6. The van der Waals surface area contributed by atoms with Crippen LogP contribution in [0.25, 0.3) is 10.9 Å². The van der Waals surface area contributed by atoms with Crippen LogP contribution in [0.1, 0.15) is 59.3 Å². The zero-order chi connectivity index (χ0) is 22.5. The number of carbonyl (C=O) groups excluding carboxylic acids is 1. The third kappa shape index (κ3) is 9.77. The minimum atomic E-state index is -0.322. The number of benzene rings is 1. The average Bonchev–Trinajstić information content (AvgIpc) is 2.74. The number of fused-ring (bicyclic) bond motifs is 1. The third-order valence-electron chi connectivity index (χ3n) is 4.83. The molecule has 0 atom stereocenters. The van der Waals surface area contributed by atoms with E-state index in [4.69, 9.17) is 4.74 Å². The fraction of sp³-hybridized carbons (Fsp3) is 0.462. The van der Waals surface area contributed by atoms with Crippen molar-refractivity contribution in [1.29, 1.82) is 0 Å². The quantitative estimate of drug-likeness (QED) is 0.230. The van der Waals surface area contributed by atoms with E-state index in [-0.39, 0.29) is 11.7 Å². The van der Waals surface area contributed by atoms with Gasteiger partial charge in [-0.25, -0.2) is 9.37 Å². The maximum absolute atomic E-state index is 13.8. The van der Waals surface area contributed by atoms with Gasteiger partial charge in [-0.05, 0) is 49.8 Å². The second-order valence-corrected chi connectivity index (χ2v) is 8.30. The van der Waals surface area contributed by atoms with Crippen LogP contribution in [-0.2, 0) is 4.79 Å². The Labute approximate surface area is 185 Å². The highest BCUT2D eigenvalue weighted by Crippen LogP contribution is 2.19. The first-order chi connectivity index (χ1) is 15.0. The van der Waals surface area contributed by atoms with E-state index in [1.54, 1.807) is 18.2 Å². The van der Waals surface area contributed by atoms with E-state index in [1.165, 1.54) is 12.5 Å². The largest absolute Gasteiger partial charge is 0.478 e. The first-order valence-electron chi connectivity index (χ1n) is 11.3. The van der Waals surface area contributed by atoms with Crippen LogP contribution in [0.3, 0.4) is 0 Å². The van der Waals surface area contributed by atoms with Gasteiger partial charge in [-0.1, -0.05) is 57.4 Å². The molecule has 168 valence electrons. The van der Waals surface area contributed by atoms with Crippen LogP contribution in [0, 0.1) is 11.7 Å². The molecule has 1 aromatic carbocycles. The number of nitrogens with one attached hydrogen (secondary N) is 1. The van der Waals surface area contributed by atoms with Crippen molar-refractivity contribution >= 4 is 16.8 Å². The molecule has 0 unspecified atom stereocenters. The first kappa shape index (κ1) is 24.6. The Hall–Kier alpha value is -2.69. The molecule has 0 aliphatic heterocycles. The molecule has 0 bridgehead atoms. The summed E-state index contributed by atoms with van der Waals surface area (Å²) in [5.74, 6) is 0.586. The van der Waals surface area contributed by atoms with Gasteiger partial charge in [-0.2, -0.15) is 0 Å². The summed E-state index contributed by atoms with van der Waals surface area (Å²) in [5, 5.41) is 3.67. The SMILES string of the molecule is CC(C=CCCCCCCCOc1ccc2cccc(F)c2n1)=CC(=O)NCC(C)C. The number of carbonyl (C=O) groups is 1. The molecule has 0 aliphatic carbocycles. The van der Waals surface area contributed by atoms with Crippen molar-refractivity contribution in [2.24, 2.45) is 5.92 Å². The molecule has 1 aromatic heterocycles. The Morgan fingerprint density at radius 1 is 1.13 bits per heavy atom. The average molecular weight is 427 g/mol. The van der Waals surface area contributed by atoms with Crippen LogP contribution in [0.5, 0.6) is 5.88 Å². The van der Waals surface area contributed by atoms with Crippen molar-refractivity contribution in [3.8, 4) is 5.88 Å². The number of nitrogens with zero attached hydrogens (tertiary/aromatic N) is 1. The van der Waals surface area contributed by atoms with Crippen LogP contribution in [-0.4, -0.2) is 24.0 Å². The zero-order valence-electron chi connectivity index (χ0n) is 19.0. The van der Waals surface area contributed by atoms with E-state index < -0.39 is 0 Å². The standard InChI is InChI=1S/C26H35FN2O2/c1-20(2)19-28-24(30)18-21(3)12-9-7-5-4-6-8-10-17-31-25-16-15-22-13-11-14-23(27)26(22)29-25/h9,11-16,18,20H,4-8,10,17,19H2,1-3H3,(H,28,30). The van der Waals surface area contributed by atoms with Gasteiger partial charge in [0.2, 0.25) is 11.8 Å². The predicted molar refractivity (Wildman–Crippen MR) is 126 cm³/mol. The monoisotopic (exact) mass is 426 g/mol. The van der Waals surface area contributed by atoms with Crippen molar-refractivity contribution in [3.05, 3.63) is 60.0 Å². The minimum absolute atomic E-state index is 0.0258. The van der Waals surface area contributed by atoms with Crippen LogP contribution in [0.2, 0.25) is 0 Å². The number of para-hydroxylation sites is 1. The smallest absolute Gasteiger partial charge is 0.244 e. The molecular formula is C26H35FN2O2. The highest BCUT2D eigenvalue weighted by Gasteiger charge is 2.04. The zero-order valence-corrected chi connectivity index (χ0v) is 19.0. The Morgan fingerprint density at radius 3 is 2.71 bits per heavy atom. The maximum Gasteiger partial charge on any atom is 0.244 e. The molecule has 4 nitrogen and oxygen atoms in total. The summed E-state index contributed by atoms with van der Waals surface area (Å²) < 4.78 is 19.5. The van der Waals surface area contributed by atoms with Gasteiger partial charge >= 0.3 is 0 Å². The van der Waals surface area contributed by atoms with E-state index in [0.717, 1.165) is 43.1 Å². The molecule has 2 aromatic rings. The molecule has 1 amide bonds. The molecule has 1 heterocycles. The molecule has 1 N–H and O–H groups in total. The fourth-order valence-electron chi connectivity index (χ4n) is 3.12. The van der Waals surface area contributed by atoms with Gasteiger partial charge in [0.15, 0.2) is 0 Å². The summed E-state index contributed by atoms with van der Waals surface area (Å²) in [5.41, 5.74) is 1.33. The Morgan fingerprint density at radius 2 is 1.90 bits per heavy atom. The van der Waals surface area contributed by atoms with Gasteiger partial charge in [0.05, 0.1) is 6.61 Å². The molecule has 0 saturated carbocycles. The molecular weight excluding hydrogens is 391 g/mol. The van der Waals surface area contributed by atoms with E-state index in [1.807, 2.05) is 25.1 Å². The van der Waals surface area contributed by atoms with Gasteiger partial charge in [-0.15, -0.1) is 0 Å². The van der Waals surface area contributed by atoms with E-state index in [9.17, 15) is 9.18 Å². The molecule has 0 spiro atoms. The topological polar surface area (TPSA) is 51.2 Å². The van der Waals surface area contributed by atoms with Crippen LogP contribution >= 0.6 is 0 Å². The number of allylic oxidation sites excluding steroid dienone is 3. The lowest BCUT2D eigenvalue weighted by Crippen LogP contribution is -2.25. The number of unbranched alkanes of at least 4 members (excludes halogenated alkanes) is 5. The van der Waals surface area contributed by atoms with Gasteiger partial charge in [0.25, 0.3) is 0 Å². The lowest BCUT2D eigenvalue weighted by Gasteiger charge is -2.06. The molecule has 31 heavy (non-hydrogen) atoms. The van der Waals surface area contributed by atoms with E-state index in [2.05, 4.69) is 30.2 Å². The molecule has 0 saturated heterocycles.